The molecule has 0 saturated heterocycles. The summed E-state index contributed by atoms with van der Waals surface area (Å²) in [6.07, 6.45) is -1.63. The fraction of sp³-hybridized carbons (Fsp3) is 0.214. The fourth-order valence-corrected chi connectivity index (χ4v) is 2.51. The maximum atomic E-state index is 13.1. The Balaban J connectivity index is 1.77. The summed E-state index contributed by atoms with van der Waals surface area (Å²) in [5.74, 6) is 0.655. The van der Waals surface area contributed by atoms with E-state index in [0.717, 1.165) is 12.4 Å². The summed E-state index contributed by atoms with van der Waals surface area (Å²) in [7, 11) is 1.64. The van der Waals surface area contributed by atoms with E-state index < -0.39 is 11.9 Å². The molecule has 0 radical (unpaired) electrons. The number of halogens is 3. The molecule has 0 amide bonds. The molecule has 0 aliphatic carbocycles. The van der Waals surface area contributed by atoms with E-state index in [0.29, 0.717) is 11.5 Å². The van der Waals surface area contributed by atoms with E-state index in [4.69, 9.17) is 0 Å². The largest absolute Gasteiger partial charge is 0.433 e. The average molecular weight is 348 g/mol. The van der Waals surface area contributed by atoms with Crippen molar-refractivity contribution in [3.63, 3.8) is 0 Å². The smallest absolute Gasteiger partial charge is 0.352 e. The SMILES string of the molecule is CN(Cc1nnc2ccccn12)c1cc(C(F)(F)F)nc2ncnn12. The second-order valence-corrected chi connectivity index (χ2v) is 5.37. The summed E-state index contributed by atoms with van der Waals surface area (Å²) in [6, 6.07) is 6.38. The number of aromatic nitrogens is 7. The molecule has 0 atom stereocenters. The third kappa shape index (κ3) is 2.62. The van der Waals surface area contributed by atoms with Gasteiger partial charge in [-0.05, 0) is 12.1 Å². The number of rotatable bonds is 3. The Morgan fingerprint density at radius 3 is 2.84 bits per heavy atom. The van der Waals surface area contributed by atoms with Crippen LogP contribution >= 0.6 is 0 Å². The Morgan fingerprint density at radius 2 is 2.04 bits per heavy atom. The topological polar surface area (TPSA) is 76.5 Å². The van der Waals surface area contributed by atoms with E-state index in [1.807, 2.05) is 12.1 Å². The van der Waals surface area contributed by atoms with E-state index in [1.54, 1.807) is 28.6 Å². The normalized spacial score (nSPS) is 12.2. The Kier molecular flexibility index (Phi) is 3.30. The molecule has 4 heterocycles. The van der Waals surface area contributed by atoms with Gasteiger partial charge in [0.2, 0.25) is 0 Å². The fourth-order valence-electron chi connectivity index (χ4n) is 2.51. The van der Waals surface area contributed by atoms with Crippen LogP contribution in [-0.2, 0) is 12.7 Å². The molecule has 8 nitrogen and oxygen atoms in total. The number of hydrogen-bond donors (Lipinski definition) is 0. The van der Waals surface area contributed by atoms with Crippen LogP contribution in [-0.4, -0.2) is 41.2 Å². The van der Waals surface area contributed by atoms with Crippen molar-refractivity contribution in [3.8, 4) is 0 Å². The molecule has 0 fully saturated rings. The molecule has 0 bridgehead atoms. The molecule has 0 aliphatic heterocycles. The number of alkyl halides is 3. The van der Waals surface area contributed by atoms with Gasteiger partial charge in [-0.3, -0.25) is 4.40 Å². The van der Waals surface area contributed by atoms with Crippen molar-refractivity contribution >= 4 is 17.2 Å². The van der Waals surface area contributed by atoms with Crippen molar-refractivity contribution < 1.29 is 13.2 Å². The van der Waals surface area contributed by atoms with Gasteiger partial charge in [0, 0.05) is 19.3 Å². The molecule has 11 heteroatoms. The Morgan fingerprint density at radius 1 is 1.20 bits per heavy atom. The van der Waals surface area contributed by atoms with Crippen LogP contribution in [0.5, 0.6) is 0 Å². The molecule has 0 aromatic carbocycles. The van der Waals surface area contributed by atoms with Gasteiger partial charge in [-0.25, -0.2) is 4.98 Å². The van der Waals surface area contributed by atoms with E-state index in [-0.39, 0.29) is 18.1 Å². The van der Waals surface area contributed by atoms with Gasteiger partial charge < -0.3 is 4.90 Å². The van der Waals surface area contributed by atoms with Crippen LogP contribution < -0.4 is 4.90 Å². The molecule has 4 rings (SSSR count). The number of fused-ring (bicyclic) bond motifs is 2. The minimum atomic E-state index is -4.58. The van der Waals surface area contributed by atoms with E-state index in [1.165, 1.54) is 4.52 Å². The second-order valence-electron chi connectivity index (χ2n) is 5.37. The highest BCUT2D eigenvalue weighted by molar-refractivity contribution is 5.48. The summed E-state index contributed by atoms with van der Waals surface area (Å²) in [5, 5.41) is 12.1. The minimum Gasteiger partial charge on any atom is -0.352 e. The highest BCUT2D eigenvalue weighted by atomic mass is 19.4. The van der Waals surface area contributed by atoms with Crippen LogP contribution in [0.25, 0.3) is 11.4 Å². The molecule has 0 saturated carbocycles. The van der Waals surface area contributed by atoms with Crippen LogP contribution in [0, 0.1) is 0 Å². The molecule has 4 aromatic rings. The molecule has 128 valence electrons. The van der Waals surface area contributed by atoms with Crippen molar-refractivity contribution in [1.82, 2.24) is 34.2 Å². The number of anilines is 1. The van der Waals surface area contributed by atoms with Crippen molar-refractivity contribution in [2.45, 2.75) is 12.7 Å². The van der Waals surface area contributed by atoms with Crippen LogP contribution in [0.1, 0.15) is 11.5 Å². The quantitative estimate of drug-likeness (QED) is 0.562. The summed E-state index contributed by atoms with van der Waals surface area (Å²) in [5.41, 5.74) is -0.372. The molecular weight excluding hydrogens is 337 g/mol. The molecule has 0 N–H and O–H groups in total. The molecular formula is C14H11F3N8. The number of nitrogens with zero attached hydrogens (tertiary/aromatic N) is 8. The summed E-state index contributed by atoms with van der Waals surface area (Å²) < 4.78 is 42.3. The average Bonchev–Trinajstić information content (AvgIpc) is 3.20. The summed E-state index contributed by atoms with van der Waals surface area (Å²) in [6.45, 7) is 0.224. The molecule has 0 unspecified atom stereocenters. The molecule has 0 spiro atoms. The Hall–Kier alpha value is -3.24. The zero-order valence-electron chi connectivity index (χ0n) is 12.9. The highest BCUT2D eigenvalue weighted by Gasteiger charge is 2.34. The van der Waals surface area contributed by atoms with Gasteiger partial charge in [0.15, 0.2) is 17.2 Å². The summed E-state index contributed by atoms with van der Waals surface area (Å²) in [4.78, 5) is 8.85. The van der Waals surface area contributed by atoms with Gasteiger partial charge in [0.05, 0.1) is 6.54 Å². The van der Waals surface area contributed by atoms with Crippen molar-refractivity contribution in [2.24, 2.45) is 0 Å². The standard InChI is InChI=1S/C14H11F3N8/c1-23(7-11-22-21-10-4-2-3-5-24(10)11)12-6-9(14(15,16)17)20-13-18-8-19-25(12)13/h2-6,8H,7H2,1H3. The third-order valence-corrected chi connectivity index (χ3v) is 3.68. The lowest BCUT2D eigenvalue weighted by atomic mass is 10.3. The number of pyridine rings is 1. The van der Waals surface area contributed by atoms with Gasteiger partial charge in [-0.1, -0.05) is 6.07 Å². The monoisotopic (exact) mass is 348 g/mol. The predicted octanol–water partition coefficient (Wildman–Crippen LogP) is 1.82. The molecule has 25 heavy (non-hydrogen) atoms. The van der Waals surface area contributed by atoms with Crippen LogP contribution in [0.15, 0.2) is 36.8 Å². The van der Waals surface area contributed by atoms with Crippen molar-refractivity contribution in [1.29, 1.82) is 0 Å². The lowest BCUT2D eigenvalue weighted by molar-refractivity contribution is -0.141. The number of hydrogen-bond acceptors (Lipinski definition) is 6. The van der Waals surface area contributed by atoms with Gasteiger partial charge in [0.25, 0.3) is 5.78 Å². The van der Waals surface area contributed by atoms with Gasteiger partial charge in [-0.2, -0.15) is 27.8 Å². The van der Waals surface area contributed by atoms with E-state index in [9.17, 15) is 13.2 Å². The second kappa shape index (κ2) is 5.40. The van der Waals surface area contributed by atoms with Crippen LogP contribution in [0.3, 0.4) is 0 Å². The van der Waals surface area contributed by atoms with E-state index >= 15 is 0 Å². The highest BCUT2D eigenvalue weighted by Crippen LogP contribution is 2.30. The first-order valence-corrected chi connectivity index (χ1v) is 7.21. The Bertz CT molecular complexity index is 1050. The lowest BCUT2D eigenvalue weighted by Gasteiger charge is -2.19. The summed E-state index contributed by atoms with van der Waals surface area (Å²) >= 11 is 0. The third-order valence-electron chi connectivity index (χ3n) is 3.68. The van der Waals surface area contributed by atoms with Gasteiger partial charge in [-0.15, -0.1) is 10.2 Å². The van der Waals surface area contributed by atoms with E-state index in [2.05, 4.69) is 25.3 Å². The first-order valence-electron chi connectivity index (χ1n) is 7.21. The van der Waals surface area contributed by atoms with Crippen LogP contribution in [0.4, 0.5) is 19.0 Å². The first-order chi connectivity index (χ1) is 11.9. The zero-order valence-corrected chi connectivity index (χ0v) is 12.9. The molecule has 0 aliphatic rings. The minimum absolute atomic E-state index is 0.122. The van der Waals surface area contributed by atoms with Gasteiger partial charge in [0.1, 0.15) is 12.1 Å². The first kappa shape index (κ1) is 15.3. The van der Waals surface area contributed by atoms with Crippen LogP contribution in [0.2, 0.25) is 0 Å². The maximum absolute atomic E-state index is 13.1. The predicted molar refractivity (Wildman–Crippen MR) is 80.9 cm³/mol. The van der Waals surface area contributed by atoms with Crippen molar-refractivity contribution in [2.75, 3.05) is 11.9 Å². The van der Waals surface area contributed by atoms with Gasteiger partial charge >= 0.3 is 6.18 Å². The maximum Gasteiger partial charge on any atom is 0.433 e. The zero-order chi connectivity index (χ0) is 17.6. The molecule has 4 aromatic heterocycles. The lowest BCUT2D eigenvalue weighted by Crippen LogP contribution is -2.23. The Labute approximate surface area is 138 Å². The van der Waals surface area contributed by atoms with Crippen molar-refractivity contribution in [3.05, 3.63) is 48.3 Å².